The maximum atomic E-state index is 12.3. The van der Waals surface area contributed by atoms with E-state index in [2.05, 4.69) is 16.4 Å². The van der Waals surface area contributed by atoms with Crippen LogP contribution in [0.1, 0.15) is 42.5 Å². The highest BCUT2D eigenvalue weighted by molar-refractivity contribution is 6.07. The topological polar surface area (TPSA) is 70.9 Å². The molecule has 0 unspecified atom stereocenters. The van der Waals surface area contributed by atoms with Crippen LogP contribution in [-0.2, 0) is 0 Å². The molecule has 4 N–H and O–H groups in total. The van der Waals surface area contributed by atoms with E-state index in [0.29, 0.717) is 17.8 Å². The predicted molar refractivity (Wildman–Crippen MR) is 86.2 cm³/mol. The fourth-order valence-corrected chi connectivity index (χ4v) is 2.89. The SMILES string of the molecule is Nc1ccc2[nH]cc(C(=O)NCCC3=CCCCC3)c2c1. The molecule has 0 bridgehead atoms. The van der Waals surface area contributed by atoms with Gasteiger partial charge in [-0.1, -0.05) is 11.6 Å². The number of hydrogen-bond donors (Lipinski definition) is 3. The van der Waals surface area contributed by atoms with Gasteiger partial charge < -0.3 is 16.0 Å². The van der Waals surface area contributed by atoms with Crippen molar-refractivity contribution >= 4 is 22.5 Å². The summed E-state index contributed by atoms with van der Waals surface area (Å²) in [5.74, 6) is -0.0386. The molecule has 1 aromatic heterocycles. The van der Waals surface area contributed by atoms with Crippen LogP contribution in [0.15, 0.2) is 36.0 Å². The number of H-pyrrole nitrogens is 1. The smallest absolute Gasteiger partial charge is 0.253 e. The molecule has 21 heavy (non-hydrogen) atoms. The summed E-state index contributed by atoms with van der Waals surface area (Å²) in [6, 6.07) is 5.56. The zero-order valence-corrected chi connectivity index (χ0v) is 12.1. The summed E-state index contributed by atoms with van der Waals surface area (Å²) < 4.78 is 0. The van der Waals surface area contributed by atoms with E-state index >= 15 is 0 Å². The first-order valence-corrected chi connectivity index (χ1v) is 7.57. The molecular weight excluding hydrogens is 262 g/mol. The average Bonchev–Trinajstić information content (AvgIpc) is 2.91. The zero-order chi connectivity index (χ0) is 14.7. The number of nitrogen functional groups attached to an aromatic ring is 1. The molecule has 4 heteroatoms. The highest BCUT2D eigenvalue weighted by Crippen LogP contribution is 2.21. The van der Waals surface area contributed by atoms with Gasteiger partial charge in [0.15, 0.2) is 0 Å². The monoisotopic (exact) mass is 283 g/mol. The van der Waals surface area contributed by atoms with Gasteiger partial charge in [-0.15, -0.1) is 0 Å². The van der Waals surface area contributed by atoms with E-state index in [1.807, 2.05) is 18.2 Å². The van der Waals surface area contributed by atoms with Crippen molar-refractivity contribution in [1.82, 2.24) is 10.3 Å². The lowest BCUT2D eigenvalue weighted by atomic mass is 9.97. The van der Waals surface area contributed by atoms with Crippen molar-refractivity contribution in [2.75, 3.05) is 12.3 Å². The second-order valence-corrected chi connectivity index (χ2v) is 5.62. The summed E-state index contributed by atoms with van der Waals surface area (Å²) in [6.07, 6.45) is 9.97. The number of carbonyl (C=O) groups is 1. The summed E-state index contributed by atoms with van der Waals surface area (Å²) in [5, 5.41) is 3.88. The van der Waals surface area contributed by atoms with E-state index in [4.69, 9.17) is 5.73 Å². The number of benzene rings is 1. The molecule has 0 fully saturated rings. The third-order valence-corrected chi connectivity index (χ3v) is 4.07. The molecule has 0 saturated heterocycles. The Morgan fingerprint density at radius 3 is 3.05 bits per heavy atom. The normalized spacial score (nSPS) is 15.0. The number of anilines is 1. The molecule has 1 aliphatic carbocycles. The van der Waals surface area contributed by atoms with Gasteiger partial charge >= 0.3 is 0 Å². The molecule has 0 atom stereocenters. The third kappa shape index (κ3) is 3.10. The number of fused-ring (bicyclic) bond motifs is 1. The minimum absolute atomic E-state index is 0.0386. The summed E-state index contributed by atoms with van der Waals surface area (Å²) in [6.45, 7) is 0.694. The van der Waals surface area contributed by atoms with E-state index in [0.717, 1.165) is 17.3 Å². The number of nitrogens with two attached hydrogens (primary N) is 1. The maximum Gasteiger partial charge on any atom is 0.253 e. The van der Waals surface area contributed by atoms with Gasteiger partial charge in [0.05, 0.1) is 5.56 Å². The van der Waals surface area contributed by atoms with E-state index in [1.54, 1.807) is 6.20 Å². The van der Waals surface area contributed by atoms with Crippen molar-refractivity contribution < 1.29 is 4.79 Å². The van der Waals surface area contributed by atoms with Crippen molar-refractivity contribution in [2.24, 2.45) is 0 Å². The van der Waals surface area contributed by atoms with Gasteiger partial charge in [0.2, 0.25) is 0 Å². The van der Waals surface area contributed by atoms with Gasteiger partial charge in [-0.05, 0) is 50.3 Å². The molecule has 1 heterocycles. The van der Waals surface area contributed by atoms with Crippen molar-refractivity contribution in [1.29, 1.82) is 0 Å². The molecule has 3 rings (SSSR count). The van der Waals surface area contributed by atoms with Crippen molar-refractivity contribution in [3.8, 4) is 0 Å². The lowest BCUT2D eigenvalue weighted by Crippen LogP contribution is -2.24. The highest BCUT2D eigenvalue weighted by Gasteiger charge is 2.12. The minimum atomic E-state index is -0.0386. The Balaban J connectivity index is 1.64. The molecule has 1 aliphatic rings. The fourth-order valence-electron chi connectivity index (χ4n) is 2.89. The van der Waals surface area contributed by atoms with Gasteiger partial charge in [-0.25, -0.2) is 0 Å². The lowest BCUT2D eigenvalue weighted by Gasteiger charge is -2.12. The van der Waals surface area contributed by atoms with E-state index < -0.39 is 0 Å². The van der Waals surface area contributed by atoms with Crippen molar-refractivity contribution in [3.63, 3.8) is 0 Å². The van der Waals surface area contributed by atoms with E-state index in [9.17, 15) is 4.79 Å². The van der Waals surface area contributed by atoms with E-state index in [1.165, 1.54) is 31.3 Å². The van der Waals surface area contributed by atoms with Crippen LogP contribution < -0.4 is 11.1 Å². The second-order valence-electron chi connectivity index (χ2n) is 5.62. The first kappa shape index (κ1) is 13.7. The average molecular weight is 283 g/mol. The van der Waals surface area contributed by atoms with Gasteiger partial charge in [0.25, 0.3) is 5.91 Å². The van der Waals surface area contributed by atoms with Crippen molar-refractivity contribution in [2.45, 2.75) is 32.1 Å². The maximum absolute atomic E-state index is 12.3. The molecule has 2 aromatic rings. The molecule has 0 saturated carbocycles. The summed E-state index contributed by atoms with van der Waals surface area (Å²) in [4.78, 5) is 15.4. The van der Waals surface area contributed by atoms with Gasteiger partial charge in [-0.3, -0.25) is 4.79 Å². The predicted octanol–water partition coefficient (Wildman–Crippen LogP) is 3.37. The van der Waals surface area contributed by atoms with Crippen LogP contribution in [0.25, 0.3) is 10.9 Å². The van der Waals surface area contributed by atoms with Gasteiger partial charge in [0.1, 0.15) is 0 Å². The van der Waals surface area contributed by atoms with Crippen LogP contribution in [-0.4, -0.2) is 17.4 Å². The van der Waals surface area contributed by atoms with Gasteiger partial charge in [0, 0.05) is 29.3 Å². The van der Waals surface area contributed by atoms with E-state index in [-0.39, 0.29) is 5.91 Å². The van der Waals surface area contributed by atoms with Crippen LogP contribution >= 0.6 is 0 Å². The summed E-state index contributed by atoms with van der Waals surface area (Å²) in [7, 11) is 0. The summed E-state index contributed by atoms with van der Waals surface area (Å²) >= 11 is 0. The minimum Gasteiger partial charge on any atom is -0.399 e. The Morgan fingerprint density at radius 2 is 2.24 bits per heavy atom. The Hall–Kier alpha value is -2.23. The highest BCUT2D eigenvalue weighted by atomic mass is 16.1. The van der Waals surface area contributed by atoms with Crippen LogP contribution in [0.2, 0.25) is 0 Å². The largest absolute Gasteiger partial charge is 0.399 e. The first-order chi connectivity index (χ1) is 10.2. The zero-order valence-electron chi connectivity index (χ0n) is 12.1. The Labute approximate surface area is 124 Å². The lowest BCUT2D eigenvalue weighted by molar-refractivity contribution is 0.0955. The molecule has 0 aliphatic heterocycles. The van der Waals surface area contributed by atoms with Crippen LogP contribution in [0.5, 0.6) is 0 Å². The Morgan fingerprint density at radius 1 is 1.33 bits per heavy atom. The van der Waals surface area contributed by atoms with Crippen LogP contribution in [0, 0.1) is 0 Å². The van der Waals surface area contributed by atoms with Crippen molar-refractivity contribution in [3.05, 3.63) is 41.6 Å². The first-order valence-electron chi connectivity index (χ1n) is 7.57. The molecule has 110 valence electrons. The van der Waals surface area contributed by atoms with Crippen LogP contribution in [0.4, 0.5) is 5.69 Å². The number of aromatic amines is 1. The summed E-state index contributed by atoms with van der Waals surface area (Å²) in [5.41, 5.74) is 9.54. The fraction of sp³-hybridized carbons (Fsp3) is 0.353. The molecule has 0 radical (unpaired) electrons. The Kier molecular flexibility index (Phi) is 3.95. The third-order valence-electron chi connectivity index (χ3n) is 4.07. The number of amides is 1. The molecule has 4 nitrogen and oxygen atoms in total. The number of aromatic nitrogens is 1. The molecule has 0 spiro atoms. The number of nitrogens with one attached hydrogen (secondary N) is 2. The number of carbonyl (C=O) groups excluding carboxylic acids is 1. The number of allylic oxidation sites excluding steroid dienone is 1. The number of rotatable bonds is 4. The quantitative estimate of drug-likeness (QED) is 0.594. The standard InChI is InChI=1S/C17H21N3O/c18-13-6-7-16-14(10-13)15(11-20-16)17(21)19-9-8-12-4-2-1-3-5-12/h4,6-7,10-11,20H,1-3,5,8-9,18H2,(H,19,21). The van der Waals surface area contributed by atoms with Gasteiger partial charge in [-0.2, -0.15) is 0 Å². The van der Waals surface area contributed by atoms with Crippen LogP contribution in [0.3, 0.4) is 0 Å². The molecular formula is C17H21N3O. The second kappa shape index (κ2) is 6.04. The molecule has 1 amide bonds. The molecule has 1 aromatic carbocycles. The number of hydrogen-bond acceptors (Lipinski definition) is 2. The Bertz CT molecular complexity index is 684.